The third-order valence-electron chi connectivity index (χ3n) is 3.53. The van der Waals surface area contributed by atoms with E-state index in [0.29, 0.717) is 11.5 Å². The molecule has 0 radical (unpaired) electrons. The number of halogens is 1. The van der Waals surface area contributed by atoms with Crippen molar-refractivity contribution in [1.29, 1.82) is 0 Å². The molecule has 0 amide bonds. The summed E-state index contributed by atoms with van der Waals surface area (Å²) >= 11 is 0. The molecule has 0 aromatic heterocycles. The molecule has 100 valence electrons. The van der Waals surface area contributed by atoms with Crippen LogP contribution in [-0.2, 0) is 0 Å². The minimum Gasteiger partial charge on any atom is -0.287 e. The maximum absolute atomic E-state index is 14.1. The molecule has 1 aromatic carbocycles. The highest BCUT2D eigenvalue weighted by atomic mass is 19.1. The van der Waals surface area contributed by atoms with Crippen molar-refractivity contribution in [2.75, 3.05) is 7.05 Å². The first-order valence-electron chi connectivity index (χ1n) is 6.65. The minimum atomic E-state index is -0.201. The molecule has 0 aliphatic heterocycles. The van der Waals surface area contributed by atoms with Crippen LogP contribution in [0.1, 0.15) is 31.4 Å². The van der Waals surface area contributed by atoms with E-state index in [4.69, 9.17) is 0 Å². The van der Waals surface area contributed by atoms with Gasteiger partial charge >= 0.3 is 0 Å². The Bertz CT molecular complexity index is 579. The standard InChI is InChI=1S/C17H20FN/c1-11-5-7-13(3)15(9-11)17(19-4)14-8-6-12(2)10-16(14)18/h6-11H,5H2,1-4H3/b19-17-. The Morgan fingerprint density at radius 3 is 2.68 bits per heavy atom. The fourth-order valence-corrected chi connectivity index (χ4v) is 2.42. The molecule has 1 atom stereocenters. The van der Waals surface area contributed by atoms with E-state index in [0.717, 1.165) is 23.3 Å². The maximum atomic E-state index is 14.1. The van der Waals surface area contributed by atoms with Crippen molar-refractivity contribution >= 4 is 5.71 Å². The van der Waals surface area contributed by atoms with Crippen LogP contribution in [0.25, 0.3) is 0 Å². The van der Waals surface area contributed by atoms with Gasteiger partial charge in [0.15, 0.2) is 0 Å². The first-order valence-corrected chi connectivity index (χ1v) is 6.65. The Kier molecular flexibility index (Phi) is 3.98. The number of hydrogen-bond donors (Lipinski definition) is 0. The molecule has 19 heavy (non-hydrogen) atoms. The average molecular weight is 257 g/mol. The van der Waals surface area contributed by atoms with Gasteiger partial charge in [-0.25, -0.2) is 4.39 Å². The number of allylic oxidation sites excluding steroid dienone is 4. The molecule has 0 spiro atoms. The summed E-state index contributed by atoms with van der Waals surface area (Å²) in [7, 11) is 1.72. The zero-order valence-electron chi connectivity index (χ0n) is 12.0. The predicted octanol–water partition coefficient (Wildman–Crippen LogP) is 4.47. The molecule has 0 heterocycles. The van der Waals surface area contributed by atoms with Crippen molar-refractivity contribution < 1.29 is 4.39 Å². The monoisotopic (exact) mass is 257 g/mol. The maximum Gasteiger partial charge on any atom is 0.132 e. The van der Waals surface area contributed by atoms with E-state index in [9.17, 15) is 4.39 Å². The second-order valence-electron chi connectivity index (χ2n) is 5.24. The SMILES string of the molecule is C/N=C(\C1=CC(C)CC=C1C)c1ccc(C)cc1F. The number of aliphatic imine (C=N–C) groups is 1. The summed E-state index contributed by atoms with van der Waals surface area (Å²) in [5.41, 5.74) is 4.50. The largest absolute Gasteiger partial charge is 0.287 e. The highest BCUT2D eigenvalue weighted by molar-refractivity contribution is 6.15. The molecule has 0 N–H and O–H groups in total. The topological polar surface area (TPSA) is 12.4 Å². The van der Waals surface area contributed by atoms with Gasteiger partial charge in [0.1, 0.15) is 5.82 Å². The van der Waals surface area contributed by atoms with Gasteiger partial charge in [0.2, 0.25) is 0 Å². The van der Waals surface area contributed by atoms with Crippen molar-refractivity contribution in [3.63, 3.8) is 0 Å². The van der Waals surface area contributed by atoms with Gasteiger partial charge in [0, 0.05) is 12.6 Å². The van der Waals surface area contributed by atoms with Crippen molar-refractivity contribution in [2.45, 2.75) is 27.2 Å². The van der Waals surface area contributed by atoms with E-state index in [1.165, 1.54) is 5.57 Å². The van der Waals surface area contributed by atoms with Gasteiger partial charge in [0.05, 0.1) is 5.71 Å². The van der Waals surface area contributed by atoms with Gasteiger partial charge in [-0.1, -0.05) is 25.1 Å². The molecule has 1 unspecified atom stereocenters. The number of hydrogen-bond acceptors (Lipinski definition) is 1. The van der Waals surface area contributed by atoms with Gasteiger partial charge in [-0.2, -0.15) is 0 Å². The van der Waals surface area contributed by atoms with Crippen molar-refractivity contribution in [3.05, 3.63) is 58.4 Å². The molecule has 0 saturated heterocycles. The van der Waals surface area contributed by atoms with Crippen LogP contribution >= 0.6 is 0 Å². The van der Waals surface area contributed by atoms with E-state index in [-0.39, 0.29) is 5.82 Å². The fraction of sp³-hybridized carbons (Fsp3) is 0.353. The molecule has 1 aliphatic rings. The van der Waals surface area contributed by atoms with Crippen LogP contribution in [0, 0.1) is 18.7 Å². The summed E-state index contributed by atoms with van der Waals surface area (Å²) in [4.78, 5) is 4.32. The molecule has 0 fully saturated rings. The molecule has 1 nitrogen and oxygen atoms in total. The smallest absolute Gasteiger partial charge is 0.132 e. The number of aryl methyl sites for hydroxylation is 1. The van der Waals surface area contributed by atoms with Crippen molar-refractivity contribution in [2.24, 2.45) is 10.9 Å². The third kappa shape index (κ3) is 2.83. The molecule has 1 aliphatic carbocycles. The number of nitrogens with zero attached hydrogens (tertiary/aromatic N) is 1. The Balaban J connectivity index is 2.49. The fourth-order valence-electron chi connectivity index (χ4n) is 2.42. The number of benzene rings is 1. The van der Waals surface area contributed by atoms with Crippen LogP contribution in [0.2, 0.25) is 0 Å². The summed E-state index contributed by atoms with van der Waals surface area (Å²) < 4.78 is 14.1. The van der Waals surface area contributed by atoms with Crippen LogP contribution in [0.4, 0.5) is 4.39 Å². The van der Waals surface area contributed by atoms with E-state index in [1.54, 1.807) is 13.1 Å². The lowest BCUT2D eigenvalue weighted by Gasteiger charge is -2.19. The molecule has 2 heteroatoms. The van der Waals surface area contributed by atoms with Gasteiger partial charge in [-0.3, -0.25) is 4.99 Å². The van der Waals surface area contributed by atoms with Crippen LogP contribution < -0.4 is 0 Å². The predicted molar refractivity (Wildman–Crippen MR) is 79.2 cm³/mol. The summed E-state index contributed by atoms with van der Waals surface area (Å²) in [5, 5.41) is 0. The molecule has 2 rings (SSSR count). The highest BCUT2D eigenvalue weighted by Crippen LogP contribution is 2.27. The van der Waals surface area contributed by atoms with E-state index in [1.807, 2.05) is 19.1 Å². The quantitative estimate of drug-likeness (QED) is 0.693. The van der Waals surface area contributed by atoms with Gasteiger partial charge in [-0.15, -0.1) is 0 Å². The van der Waals surface area contributed by atoms with Crippen molar-refractivity contribution in [3.8, 4) is 0 Å². The minimum absolute atomic E-state index is 0.201. The first kappa shape index (κ1) is 13.7. The first-order chi connectivity index (χ1) is 9.02. The molecular formula is C17H20FN. The third-order valence-corrected chi connectivity index (χ3v) is 3.53. The molecule has 0 bridgehead atoms. The summed E-state index contributed by atoms with van der Waals surface area (Å²) in [6.45, 7) is 6.12. The zero-order chi connectivity index (χ0) is 14.0. The lowest BCUT2D eigenvalue weighted by molar-refractivity contribution is 0.624. The Labute approximate surface area is 114 Å². The second-order valence-corrected chi connectivity index (χ2v) is 5.24. The zero-order valence-corrected chi connectivity index (χ0v) is 12.0. The second kappa shape index (κ2) is 5.52. The van der Waals surface area contributed by atoms with E-state index < -0.39 is 0 Å². The molecular weight excluding hydrogens is 237 g/mol. The van der Waals surface area contributed by atoms with E-state index in [2.05, 4.69) is 31.0 Å². The van der Waals surface area contributed by atoms with Crippen LogP contribution in [0.15, 0.2) is 46.5 Å². The Morgan fingerprint density at radius 2 is 2.05 bits per heavy atom. The summed E-state index contributed by atoms with van der Waals surface area (Å²) in [6.07, 6.45) is 5.44. The summed E-state index contributed by atoms with van der Waals surface area (Å²) in [6, 6.07) is 5.31. The average Bonchev–Trinajstić information content (AvgIpc) is 2.36. The van der Waals surface area contributed by atoms with Crippen molar-refractivity contribution in [1.82, 2.24) is 0 Å². The number of rotatable bonds is 2. The lowest BCUT2D eigenvalue weighted by Crippen LogP contribution is -2.13. The lowest BCUT2D eigenvalue weighted by atomic mass is 9.87. The Hall–Kier alpha value is -1.70. The van der Waals surface area contributed by atoms with Crippen LogP contribution in [-0.4, -0.2) is 12.8 Å². The Morgan fingerprint density at radius 1 is 1.32 bits per heavy atom. The summed E-state index contributed by atoms with van der Waals surface area (Å²) in [5.74, 6) is 0.275. The van der Waals surface area contributed by atoms with E-state index >= 15 is 0 Å². The van der Waals surface area contributed by atoms with Crippen LogP contribution in [0.3, 0.4) is 0 Å². The molecule has 1 aromatic rings. The highest BCUT2D eigenvalue weighted by Gasteiger charge is 2.18. The van der Waals surface area contributed by atoms with Gasteiger partial charge in [-0.05, 0) is 55.0 Å². The normalized spacial score (nSPS) is 20.1. The van der Waals surface area contributed by atoms with Gasteiger partial charge in [0.25, 0.3) is 0 Å². The van der Waals surface area contributed by atoms with Gasteiger partial charge < -0.3 is 0 Å². The molecule has 0 saturated carbocycles. The van der Waals surface area contributed by atoms with Crippen LogP contribution in [0.5, 0.6) is 0 Å².